The lowest BCUT2D eigenvalue weighted by molar-refractivity contribution is 0.0650. The molecule has 0 bridgehead atoms. The van der Waals surface area contributed by atoms with Crippen molar-refractivity contribution in [2.24, 2.45) is 11.8 Å². The molecule has 1 aliphatic carbocycles. The van der Waals surface area contributed by atoms with E-state index in [0.29, 0.717) is 11.8 Å². The molecule has 2 unspecified atom stereocenters. The molecule has 0 aliphatic heterocycles. The Morgan fingerprint density at radius 1 is 1.40 bits per heavy atom. The van der Waals surface area contributed by atoms with Gasteiger partial charge in [0.05, 0.1) is 0 Å². The molecule has 1 aromatic rings. The second-order valence-electron chi connectivity index (χ2n) is 5.65. The molecule has 1 heterocycles. The van der Waals surface area contributed by atoms with Crippen molar-refractivity contribution in [3.63, 3.8) is 0 Å². The SMILES string of the molecule is CC(C)C1CCCCC1NC(=O)c1cc(C(=O)O)on1. The molecule has 1 aliphatic rings. The predicted molar refractivity (Wildman–Crippen MR) is 71.5 cm³/mol. The van der Waals surface area contributed by atoms with Crippen LogP contribution in [0.2, 0.25) is 0 Å². The maximum Gasteiger partial charge on any atom is 0.374 e. The third kappa shape index (κ3) is 3.18. The maximum absolute atomic E-state index is 12.1. The zero-order valence-electron chi connectivity index (χ0n) is 11.8. The quantitative estimate of drug-likeness (QED) is 0.883. The standard InChI is InChI=1S/C14H20N2O4/c1-8(2)9-5-3-4-6-10(9)15-13(17)11-7-12(14(18)19)20-16-11/h7-10H,3-6H2,1-2H3,(H,15,17)(H,18,19). The van der Waals surface area contributed by atoms with Gasteiger partial charge >= 0.3 is 5.97 Å². The largest absolute Gasteiger partial charge is 0.475 e. The van der Waals surface area contributed by atoms with Gasteiger partial charge in [0, 0.05) is 12.1 Å². The second kappa shape index (κ2) is 6.07. The van der Waals surface area contributed by atoms with Crippen molar-refractivity contribution in [1.29, 1.82) is 0 Å². The van der Waals surface area contributed by atoms with Gasteiger partial charge in [-0.15, -0.1) is 0 Å². The summed E-state index contributed by atoms with van der Waals surface area (Å²) in [5.74, 6) is -0.946. The Hall–Kier alpha value is -1.85. The first-order valence-electron chi connectivity index (χ1n) is 7.00. The molecule has 1 amide bonds. The first-order valence-corrected chi connectivity index (χ1v) is 7.00. The molecule has 6 nitrogen and oxygen atoms in total. The second-order valence-corrected chi connectivity index (χ2v) is 5.65. The van der Waals surface area contributed by atoms with E-state index in [4.69, 9.17) is 5.11 Å². The molecule has 2 atom stereocenters. The van der Waals surface area contributed by atoms with Crippen LogP contribution in [0.1, 0.15) is 60.6 Å². The van der Waals surface area contributed by atoms with Crippen molar-refractivity contribution in [3.8, 4) is 0 Å². The maximum atomic E-state index is 12.1. The molecule has 0 spiro atoms. The number of carbonyl (C=O) groups excluding carboxylic acids is 1. The molecule has 0 saturated heterocycles. The van der Waals surface area contributed by atoms with E-state index in [-0.39, 0.29) is 23.4 Å². The van der Waals surface area contributed by atoms with Gasteiger partial charge in [0.15, 0.2) is 5.69 Å². The highest BCUT2D eigenvalue weighted by molar-refractivity contribution is 5.94. The summed E-state index contributed by atoms with van der Waals surface area (Å²) >= 11 is 0. The number of rotatable bonds is 4. The highest BCUT2D eigenvalue weighted by Gasteiger charge is 2.29. The first-order chi connectivity index (χ1) is 9.49. The van der Waals surface area contributed by atoms with E-state index in [9.17, 15) is 9.59 Å². The summed E-state index contributed by atoms with van der Waals surface area (Å²) in [6.45, 7) is 4.32. The molecule has 1 aromatic heterocycles. The zero-order chi connectivity index (χ0) is 14.7. The highest BCUT2D eigenvalue weighted by atomic mass is 16.5. The molecule has 2 N–H and O–H groups in total. The normalized spacial score (nSPS) is 22.8. The lowest BCUT2D eigenvalue weighted by Crippen LogP contribution is -2.44. The van der Waals surface area contributed by atoms with Gasteiger partial charge in [-0.1, -0.05) is 31.8 Å². The summed E-state index contributed by atoms with van der Waals surface area (Å²) in [4.78, 5) is 22.8. The van der Waals surface area contributed by atoms with Crippen molar-refractivity contribution in [2.45, 2.75) is 45.6 Å². The van der Waals surface area contributed by atoms with Crippen LogP contribution in [0.5, 0.6) is 0 Å². The minimum Gasteiger partial charge on any atom is -0.475 e. The van der Waals surface area contributed by atoms with E-state index in [0.717, 1.165) is 25.3 Å². The summed E-state index contributed by atoms with van der Waals surface area (Å²) in [7, 11) is 0. The summed E-state index contributed by atoms with van der Waals surface area (Å²) in [5.41, 5.74) is 0.0236. The minimum atomic E-state index is -1.23. The molecule has 0 aromatic carbocycles. The van der Waals surface area contributed by atoms with E-state index in [1.165, 1.54) is 6.42 Å². The Kier molecular flexibility index (Phi) is 4.42. The Morgan fingerprint density at radius 2 is 2.10 bits per heavy atom. The van der Waals surface area contributed by atoms with E-state index < -0.39 is 5.97 Å². The van der Waals surface area contributed by atoms with Crippen LogP contribution in [0.3, 0.4) is 0 Å². The third-order valence-electron chi connectivity index (χ3n) is 3.95. The summed E-state index contributed by atoms with van der Waals surface area (Å²) in [6.07, 6.45) is 4.37. The van der Waals surface area contributed by atoms with Crippen molar-refractivity contribution >= 4 is 11.9 Å². The predicted octanol–water partition coefficient (Wildman–Crippen LogP) is 2.32. The number of aromatic carboxylic acids is 1. The lowest BCUT2D eigenvalue weighted by Gasteiger charge is -2.34. The molecule has 1 saturated carbocycles. The van der Waals surface area contributed by atoms with Gasteiger partial charge in [-0.25, -0.2) is 4.79 Å². The molecule has 20 heavy (non-hydrogen) atoms. The van der Waals surface area contributed by atoms with Crippen LogP contribution in [-0.4, -0.2) is 28.2 Å². The number of nitrogens with one attached hydrogen (secondary N) is 1. The fraction of sp³-hybridized carbons (Fsp3) is 0.643. The molecule has 110 valence electrons. The number of hydrogen-bond donors (Lipinski definition) is 2. The van der Waals surface area contributed by atoms with E-state index >= 15 is 0 Å². The number of carboxylic acids is 1. The topological polar surface area (TPSA) is 92.4 Å². The number of carbonyl (C=O) groups is 2. The van der Waals surface area contributed by atoms with Crippen LogP contribution >= 0.6 is 0 Å². The van der Waals surface area contributed by atoms with Crippen LogP contribution in [0, 0.1) is 11.8 Å². The van der Waals surface area contributed by atoms with E-state index in [1.807, 2.05) is 0 Å². The number of carboxylic acid groups (broad SMARTS) is 1. The van der Waals surface area contributed by atoms with E-state index in [2.05, 4.69) is 28.8 Å². The first kappa shape index (κ1) is 14.6. The summed E-state index contributed by atoms with van der Waals surface area (Å²) < 4.78 is 4.60. The van der Waals surface area contributed by atoms with Gasteiger partial charge in [0.1, 0.15) is 0 Å². The Balaban J connectivity index is 2.03. The van der Waals surface area contributed by atoms with Crippen LogP contribution in [0.4, 0.5) is 0 Å². The zero-order valence-corrected chi connectivity index (χ0v) is 11.8. The monoisotopic (exact) mass is 280 g/mol. The Bertz CT molecular complexity index is 495. The Morgan fingerprint density at radius 3 is 2.70 bits per heavy atom. The smallest absolute Gasteiger partial charge is 0.374 e. The number of amides is 1. The van der Waals surface area contributed by atoms with Crippen molar-refractivity contribution in [3.05, 3.63) is 17.5 Å². The summed E-state index contributed by atoms with van der Waals surface area (Å²) in [5, 5.41) is 15.2. The molecule has 6 heteroatoms. The van der Waals surface area contributed by atoms with Gasteiger partial charge in [-0.2, -0.15) is 0 Å². The lowest BCUT2D eigenvalue weighted by atomic mass is 9.78. The van der Waals surface area contributed by atoms with Crippen molar-refractivity contribution in [1.82, 2.24) is 10.5 Å². The fourth-order valence-electron chi connectivity index (χ4n) is 2.86. The fourth-order valence-corrected chi connectivity index (χ4v) is 2.86. The van der Waals surface area contributed by atoms with Crippen molar-refractivity contribution in [2.75, 3.05) is 0 Å². The van der Waals surface area contributed by atoms with Gasteiger partial charge in [-0.3, -0.25) is 4.79 Å². The number of hydrogen-bond acceptors (Lipinski definition) is 4. The molecular weight excluding hydrogens is 260 g/mol. The van der Waals surface area contributed by atoms with Gasteiger partial charge in [0.2, 0.25) is 5.76 Å². The van der Waals surface area contributed by atoms with Gasteiger partial charge in [0.25, 0.3) is 5.91 Å². The van der Waals surface area contributed by atoms with E-state index in [1.54, 1.807) is 0 Å². The minimum absolute atomic E-state index is 0.0236. The summed E-state index contributed by atoms with van der Waals surface area (Å²) in [6, 6.07) is 1.28. The Labute approximate surface area is 117 Å². The molecule has 2 rings (SSSR count). The number of aromatic nitrogens is 1. The third-order valence-corrected chi connectivity index (χ3v) is 3.95. The molecular formula is C14H20N2O4. The average molecular weight is 280 g/mol. The van der Waals surface area contributed by atoms with Gasteiger partial charge in [-0.05, 0) is 24.7 Å². The average Bonchev–Trinajstić information content (AvgIpc) is 2.89. The van der Waals surface area contributed by atoms with Crippen LogP contribution in [0.25, 0.3) is 0 Å². The van der Waals surface area contributed by atoms with Gasteiger partial charge < -0.3 is 14.9 Å². The van der Waals surface area contributed by atoms with Crippen LogP contribution < -0.4 is 5.32 Å². The molecule has 1 fully saturated rings. The molecule has 0 radical (unpaired) electrons. The highest BCUT2D eigenvalue weighted by Crippen LogP contribution is 2.30. The number of nitrogens with zero attached hydrogens (tertiary/aromatic N) is 1. The van der Waals surface area contributed by atoms with Crippen LogP contribution in [-0.2, 0) is 0 Å². The van der Waals surface area contributed by atoms with Crippen LogP contribution in [0.15, 0.2) is 10.6 Å². The van der Waals surface area contributed by atoms with Crippen molar-refractivity contribution < 1.29 is 19.2 Å².